The molecule has 0 aliphatic rings. The first-order valence-electron chi connectivity index (χ1n) is 3.95. The van der Waals surface area contributed by atoms with Crippen LogP contribution in [0.2, 0.25) is 0 Å². The SMILES string of the molecule is Cc1cccc(C)c1NC([11CH3])=O. The molecule has 64 valence electrons. The summed E-state index contributed by atoms with van der Waals surface area (Å²) >= 11 is 0. The minimum absolute atomic E-state index is 0.0209. The van der Waals surface area contributed by atoms with Crippen LogP contribution in [-0.4, -0.2) is 5.91 Å². The van der Waals surface area contributed by atoms with E-state index < -0.39 is 0 Å². The molecule has 2 heteroatoms. The van der Waals surface area contributed by atoms with Crippen molar-refractivity contribution >= 4 is 11.6 Å². The van der Waals surface area contributed by atoms with Crippen molar-refractivity contribution in [2.45, 2.75) is 20.8 Å². The van der Waals surface area contributed by atoms with E-state index in [0.717, 1.165) is 16.8 Å². The third kappa shape index (κ3) is 1.84. The van der Waals surface area contributed by atoms with Crippen molar-refractivity contribution < 1.29 is 4.79 Å². The van der Waals surface area contributed by atoms with E-state index in [4.69, 9.17) is 0 Å². The van der Waals surface area contributed by atoms with Gasteiger partial charge in [-0.3, -0.25) is 4.79 Å². The van der Waals surface area contributed by atoms with E-state index in [9.17, 15) is 4.79 Å². The van der Waals surface area contributed by atoms with E-state index in [0.29, 0.717) is 0 Å². The lowest BCUT2D eigenvalue weighted by Crippen LogP contribution is -2.08. The van der Waals surface area contributed by atoms with Crippen LogP contribution in [0.3, 0.4) is 0 Å². The molecule has 0 fully saturated rings. The summed E-state index contributed by atoms with van der Waals surface area (Å²) in [6.45, 7) is 5.49. The van der Waals surface area contributed by atoms with Gasteiger partial charge in [-0.2, -0.15) is 0 Å². The second-order valence-electron chi connectivity index (χ2n) is 2.95. The average molecular weight is 162 g/mol. The van der Waals surface area contributed by atoms with Crippen molar-refractivity contribution in [1.29, 1.82) is 0 Å². The van der Waals surface area contributed by atoms with Crippen LogP contribution in [0, 0.1) is 13.8 Å². The van der Waals surface area contributed by atoms with Gasteiger partial charge >= 0.3 is 0 Å². The number of hydrogen-bond donors (Lipinski definition) is 1. The van der Waals surface area contributed by atoms with Crippen molar-refractivity contribution in [2.24, 2.45) is 0 Å². The normalized spacial score (nSPS) is 9.58. The summed E-state index contributed by atoms with van der Waals surface area (Å²) in [5.41, 5.74) is 3.14. The molecule has 0 aliphatic carbocycles. The molecule has 0 heterocycles. The predicted octanol–water partition coefficient (Wildman–Crippen LogP) is 2.26. The first-order chi connectivity index (χ1) is 5.61. The number of rotatable bonds is 1. The topological polar surface area (TPSA) is 29.1 Å². The van der Waals surface area contributed by atoms with Crippen molar-refractivity contribution in [1.82, 2.24) is 0 Å². The van der Waals surface area contributed by atoms with Crippen LogP contribution >= 0.6 is 0 Å². The predicted molar refractivity (Wildman–Crippen MR) is 50.2 cm³/mol. The third-order valence-electron chi connectivity index (χ3n) is 1.78. The van der Waals surface area contributed by atoms with Gasteiger partial charge in [0.1, 0.15) is 0 Å². The summed E-state index contributed by atoms with van der Waals surface area (Å²) in [6.07, 6.45) is 0. The van der Waals surface area contributed by atoms with E-state index in [-0.39, 0.29) is 5.91 Å². The molecule has 0 aliphatic heterocycles. The van der Waals surface area contributed by atoms with Gasteiger partial charge in [0, 0.05) is 12.6 Å². The average Bonchev–Trinajstić information content (AvgIpc) is 1.97. The number of nitrogens with one attached hydrogen (secondary N) is 1. The molecule has 2 nitrogen and oxygen atoms in total. The number of para-hydroxylation sites is 1. The molecule has 12 heavy (non-hydrogen) atoms. The molecule has 0 bridgehead atoms. The Balaban J connectivity index is 3.04. The Hall–Kier alpha value is -1.31. The van der Waals surface area contributed by atoms with Gasteiger partial charge in [-0.05, 0) is 25.0 Å². The van der Waals surface area contributed by atoms with Crippen LogP contribution < -0.4 is 5.32 Å². The standard InChI is InChI=1S/C10H13NO/c1-7-5-4-6-8(2)10(7)11-9(3)12/h4-6H,1-3H3,(H,11,12)/i3-1. The Morgan fingerprint density at radius 2 is 1.75 bits per heavy atom. The minimum Gasteiger partial charge on any atom is -0.326 e. The maximum absolute atomic E-state index is 10.8. The first kappa shape index (κ1) is 8.78. The monoisotopic (exact) mass is 162 g/mol. The number of amides is 1. The van der Waals surface area contributed by atoms with Gasteiger partial charge in [-0.1, -0.05) is 18.2 Å². The van der Waals surface area contributed by atoms with Crippen molar-refractivity contribution in [3.63, 3.8) is 0 Å². The molecule has 0 unspecified atom stereocenters. The first-order valence-corrected chi connectivity index (χ1v) is 3.95. The van der Waals surface area contributed by atoms with Gasteiger partial charge in [0.05, 0.1) is 0 Å². The number of benzene rings is 1. The second-order valence-corrected chi connectivity index (χ2v) is 2.95. The number of carbonyl (C=O) groups excluding carboxylic acids is 1. The summed E-state index contributed by atoms with van der Waals surface area (Å²) in [6, 6.07) is 5.95. The Morgan fingerprint density at radius 3 is 2.17 bits per heavy atom. The summed E-state index contributed by atoms with van der Waals surface area (Å²) in [5, 5.41) is 2.80. The molecule has 1 rings (SSSR count). The van der Waals surface area contributed by atoms with Gasteiger partial charge < -0.3 is 5.32 Å². The zero-order valence-electron chi connectivity index (χ0n) is 7.64. The van der Waals surface area contributed by atoms with E-state index in [2.05, 4.69) is 5.32 Å². The lowest BCUT2D eigenvalue weighted by molar-refractivity contribution is -0.114. The molecule has 0 aromatic heterocycles. The molecular formula is C10H13NO. The number of hydrogen-bond acceptors (Lipinski definition) is 1. The van der Waals surface area contributed by atoms with E-state index in [1.54, 1.807) is 0 Å². The second kappa shape index (κ2) is 3.39. The summed E-state index contributed by atoms with van der Waals surface area (Å²) in [7, 11) is 0. The van der Waals surface area contributed by atoms with Gasteiger partial charge in [-0.25, -0.2) is 0 Å². The maximum atomic E-state index is 10.8. The molecule has 0 saturated carbocycles. The Kier molecular flexibility index (Phi) is 2.48. The molecule has 1 aromatic carbocycles. The minimum atomic E-state index is -0.0209. The fourth-order valence-electron chi connectivity index (χ4n) is 1.19. The van der Waals surface area contributed by atoms with Crippen LogP contribution in [0.25, 0.3) is 0 Å². The fourth-order valence-corrected chi connectivity index (χ4v) is 1.19. The van der Waals surface area contributed by atoms with Crippen LogP contribution in [0.1, 0.15) is 18.1 Å². The summed E-state index contributed by atoms with van der Waals surface area (Å²) < 4.78 is 0. The molecule has 1 amide bonds. The number of anilines is 1. The quantitative estimate of drug-likeness (QED) is 0.674. The molecular weight excluding hydrogens is 149 g/mol. The largest absolute Gasteiger partial charge is 0.326 e. The molecule has 0 saturated heterocycles. The zero-order valence-corrected chi connectivity index (χ0v) is 7.64. The number of carbonyl (C=O) groups is 1. The van der Waals surface area contributed by atoms with Crippen LogP contribution in [0.5, 0.6) is 0 Å². The fraction of sp³-hybridized carbons (Fsp3) is 0.300. The smallest absolute Gasteiger partial charge is 0.221 e. The highest BCUT2D eigenvalue weighted by atomic mass is 16.1. The highest BCUT2D eigenvalue weighted by molar-refractivity contribution is 5.90. The van der Waals surface area contributed by atoms with Gasteiger partial charge in [-0.15, -0.1) is 0 Å². The summed E-state index contributed by atoms with van der Waals surface area (Å²) in [4.78, 5) is 10.8. The molecule has 0 atom stereocenters. The highest BCUT2D eigenvalue weighted by Crippen LogP contribution is 2.18. The summed E-state index contributed by atoms with van der Waals surface area (Å²) in [5.74, 6) is -0.0209. The van der Waals surface area contributed by atoms with Crippen molar-refractivity contribution in [3.05, 3.63) is 29.3 Å². The van der Waals surface area contributed by atoms with E-state index in [1.165, 1.54) is 6.92 Å². The van der Waals surface area contributed by atoms with Gasteiger partial charge in [0.2, 0.25) is 5.91 Å². The Bertz CT molecular complexity index is 284. The van der Waals surface area contributed by atoms with Crippen molar-refractivity contribution in [2.75, 3.05) is 5.32 Å². The van der Waals surface area contributed by atoms with Crippen LogP contribution in [0.15, 0.2) is 18.2 Å². The van der Waals surface area contributed by atoms with E-state index >= 15 is 0 Å². The third-order valence-corrected chi connectivity index (χ3v) is 1.78. The highest BCUT2D eigenvalue weighted by Gasteiger charge is 2.01. The van der Waals surface area contributed by atoms with Crippen molar-refractivity contribution in [3.8, 4) is 0 Å². The number of aryl methyl sites for hydroxylation is 2. The van der Waals surface area contributed by atoms with E-state index in [1.807, 2.05) is 32.0 Å². The molecule has 1 aromatic rings. The Morgan fingerprint density at radius 1 is 1.25 bits per heavy atom. The van der Waals surface area contributed by atoms with Gasteiger partial charge in [0.15, 0.2) is 0 Å². The molecule has 1 N–H and O–H groups in total. The zero-order chi connectivity index (χ0) is 9.14. The van der Waals surface area contributed by atoms with Gasteiger partial charge in [0.25, 0.3) is 0 Å². The lowest BCUT2D eigenvalue weighted by Gasteiger charge is -2.08. The maximum Gasteiger partial charge on any atom is 0.221 e. The van der Waals surface area contributed by atoms with Crippen LogP contribution in [-0.2, 0) is 4.79 Å². The Labute approximate surface area is 72.6 Å². The molecule has 0 spiro atoms. The van der Waals surface area contributed by atoms with Crippen LogP contribution in [0.4, 0.5) is 5.69 Å². The molecule has 0 radical (unpaired) electrons. The lowest BCUT2D eigenvalue weighted by atomic mass is 10.1.